The molecule has 3 nitrogen and oxygen atoms in total. The van der Waals surface area contributed by atoms with Gasteiger partial charge in [0, 0.05) is 18.2 Å². The van der Waals surface area contributed by atoms with Gasteiger partial charge in [-0.2, -0.15) is 0 Å². The number of hydrogen-bond acceptors (Lipinski definition) is 3. The number of aromatic nitrogens is 2. The standard InChI is InChI=1S/C16H11ClF2N2O/c1-8-15(17)14-10(19)6-9(18)7-12(14)21-16(8)11-4-3-5-13(20-11)22-2/h3-7H,1-2H3. The molecule has 112 valence electrons. The van der Waals surface area contributed by atoms with Crippen LogP contribution in [0.4, 0.5) is 8.78 Å². The lowest BCUT2D eigenvalue weighted by atomic mass is 10.1. The zero-order valence-corrected chi connectivity index (χ0v) is 12.6. The second kappa shape index (κ2) is 5.50. The van der Waals surface area contributed by atoms with E-state index in [1.54, 1.807) is 25.1 Å². The van der Waals surface area contributed by atoms with E-state index in [-0.39, 0.29) is 15.9 Å². The average molecular weight is 321 g/mol. The third-order valence-corrected chi connectivity index (χ3v) is 3.82. The van der Waals surface area contributed by atoms with Crippen molar-refractivity contribution in [2.24, 2.45) is 0 Å². The summed E-state index contributed by atoms with van der Waals surface area (Å²) in [5.74, 6) is -1.02. The number of hydrogen-bond donors (Lipinski definition) is 0. The topological polar surface area (TPSA) is 35.0 Å². The number of ether oxygens (including phenoxy) is 1. The zero-order valence-electron chi connectivity index (χ0n) is 11.8. The van der Waals surface area contributed by atoms with Crippen molar-refractivity contribution in [1.29, 1.82) is 0 Å². The minimum absolute atomic E-state index is 0.104. The number of methoxy groups -OCH3 is 1. The van der Waals surface area contributed by atoms with Crippen molar-refractivity contribution in [3.05, 3.63) is 52.6 Å². The first-order valence-electron chi connectivity index (χ1n) is 6.47. The van der Waals surface area contributed by atoms with Crippen LogP contribution in [-0.4, -0.2) is 17.1 Å². The molecule has 0 fully saturated rings. The number of nitrogens with zero attached hydrogens (tertiary/aromatic N) is 2. The summed E-state index contributed by atoms with van der Waals surface area (Å²) < 4.78 is 32.4. The second-order valence-electron chi connectivity index (χ2n) is 4.75. The maximum Gasteiger partial charge on any atom is 0.213 e. The molecule has 0 atom stereocenters. The van der Waals surface area contributed by atoms with Gasteiger partial charge in [0.1, 0.15) is 11.6 Å². The molecule has 6 heteroatoms. The predicted octanol–water partition coefficient (Wildman–Crippen LogP) is 4.55. The molecule has 3 aromatic rings. The molecule has 0 radical (unpaired) electrons. The lowest BCUT2D eigenvalue weighted by molar-refractivity contribution is 0.398. The Hall–Kier alpha value is -2.27. The fourth-order valence-electron chi connectivity index (χ4n) is 2.27. The molecule has 0 amide bonds. The molecular weight excluding hydrogens is 310 g/mol. The van der Waals surface area contributed by atoms with Crippen LogP contribution in [0.2, 0.25) is 5.02 Å². The molecule has 0 aliphatic heterocycles. The summed E-state index contributed by atoms with van der Waals surface area (Å²) in [6, 6.07) is 7.12. The van der Waals surface area contributed by atoms with Gasteiger partial charge in [-0.25, -0.2) is 18.7 Å². The van der Waals surface area contributed by atoms with Crippen LogP contribution in [0.25, 0.3) is 22.3 Å². The number of pyridine rings is 2. The summed E-state index contributed by atoms with van der Waals surface area (Å²) in [5, 5.41) is 0.300. The first kappa shape index (κ1) is 14.7. The Morgan fingerprint density at radius 2 is 1.91 bits per heavy atom. The highest BCUT2D eigenvalue weighted by molar-refractivity contribution is 6.36. The van der Waals surface area contributed by atoms with E-state index in [0.29, 0.717) is 22.8 Å². The van der Waals surface area contributed by atoms with Crippen molar-refractivity contribution < 1.29 is 13.5 Å². The Balaban J connectivity index is 2.33. The monoisotopic (exact) mass is 320 g/mol. The summed E-state index contributed by atoms with van der Waals surface area (Å²) in [5.41, 5.74) is 1.69. The molecule has 0 saturated carbocycles. The Kier molecular flexibility index (Phi) is 3.66. The number of benzene rings is 1. The Bertz CT molecular complexity index is 884. The molecule has 0 aliphatic rings. The highest BCUT2D eigenvalue weighted by atomic mass is 35.5. The van der Waals surface area contributed by atoms with Gasteiger partial charge in [-0.1, -0.05) is 17.7 Å². The minimum atomic E-state index is -0.735. The first-order valence-corrected chi connectivity index (χ1v) is 6.85. The quantitative estimate of drug-likeness (QED) is 0.695. The van der Waals surface area contributed by atoms with Crippen LogP contribution in [0, 0.1) is 18.6 Å². The van der Waals surface area contributed by atoms with Crippen LogP contribution in [0.1, 0.15) is 5.56 Å². The average Bonchev–Trinajstić information content (AvgIpc) is 2.50. The number of fused-ring (bicyclic) bond motifs is 1. The van der Waals surface area contributed by atoms with E-state index in [4.69, 9.17) is 16.3 Å². The molecular formula is C16H11ClF2N2O. The van der Waals surface area contributed by atoms with Gasteiger partial charge in [0.2, 0.25) is 5.88 Å². The fraction of sp³-hybridized carbons (Fsp3) is 0.125. The Morgan fingerprint density at radius 3 is 2.64 bits per heavy atom. The zero-order chi connectivity index (χ0) is 15.9. The molecule has 1 aromatic carbocycles. The van der Waals surface area contributed by atoms with E-state index in [9.17, 15) is 8.78 Å². The van der Waals surface area contributed by atoms with Crippen molar-refractivity contribution in [1.82, 2.24) is 9.97 Å². The van der Waals surface area contributed by atoms with Gasteiger partial charge in [0.25, 0.3) is 0 Å². The van der Waals surface area contributed by atoms with Gasteiger partial charge in [-0.15, -0.1) is 0 Å². The van der Waals surface area contributed by atoms with Crippen LogP contribution in [-0.2, 0) is 0 Å². The SMILES string of the molecule is COc1cccc(-c2nc3cc(F)cc(F)c3c(Cl)c2C)n1. The lowest BCUT2D eigenvalue weighted by Gasteiger charge is -2.11. The normalized spacial score (nSPS) is 11.0. The van der Waals surface area contributed by atoms with E-state index in [0.717, 1.165) is 12.1 Å². The molecule has 0 saturated heterocycles. The first-order chi connectivity index (χ1) is 10.5. The molecule has 0 N–H and O–H groups in total. The van der Waals surface area contributed by atoms with Gasteiger partial charge in [0.05, 0.1) is 34.4 Å². The highest BCUT2D eigenvalue weighted by Crippen LogP contribution is 2.34. The van der Waals surface area contributed by atoms with Crippen LogP contribution in [0.15, 0.2) is 30.3 Å². The maximum absolute atomic E-state index is 13.9. The molecule has 22 heavy (non-hydrogen) atoms. The van der Waals surface area contributed by atoms with E-state index < -0.39 is 11.6 Å². The van der Waals surface area contributed by atoms with E-state index >= 15 is 0 Å². The third-order valence-electron chi connectivity index (χ3n) is 3.35. The van der Waals surface area contributed by atoms with E-state index in [2.05, 4.69) is 9.97 Å². The van der Waals surface area contributed by atoms with Crippen LogP contribution >= 0.6 is 11.6 Å². The van der Waals surface area contributed by atoms with Gasteiger partial charge in [0.15, 0.2) is 0 Å². The fourth-order valence-corrected chi connectivity index (χ4v) is 2.55. The summed E-state index contributed by atoms with van der Waals surface area (Å²) in [6.45, 7) is 1.72. The third kappa shape index (κ3) is 2.37. The maximum atomic E-state index is 13.9. The Morgan fingerprint density at radius 1 is 1.14 bits per heavy atom. The Labute approximate surface area is 130 Å². The molecule has 3 rings (SSSR count). The van der Waals surface area contributed by atoms with Gasteiger partial charge in [-0.05, 0) is 18.6 Å². The summed E-state index contributed by atoms with van der Waals surface area (Å²) >= 11 is 6.25. The van der Waals surface area contributed by atoms with Crippen molar-refractivity contribution in [3.63, 3.8) is 0 Å². The highest BCUT2D eigenvalue weighted by Gasteiger charge is 2.17. The summed E-state index contributed by atoms with van der Waals surface area (Å²) in [4.78, 5) is 8.60. The van der Waals surface area contributed by atoms with Crippen LogP contribution < -0.4 is 4.74 Å². The smallest absolute Gasteiger partial charge is 0.213 e. The van der Waals surface area contributed by atoms with E-state index in [1.807, 2.05) is 0 Å². The van der Waals surface area contributed by atoms with E-state index in [1.165, 1.54) is 7.11 Å². The molecule has 2 aromatic heterocycles. The number of rotatable bonds is 2. The van der Waals surface area contributed by atoms with Gasteiger partial charge in [-0.3, -0.25) is 0 Å². The molecule has 2 heterocycles. The molecule has 0 bridgehead atoms. The van der Waals surface area contributed by atoms with Crippen molar-refractivity contribution >= 4 is 22.5 Å². The number of halogens is 3. The van der Waals surface area contributed by atoms with Crippen LogP contribution in [0.3, 0.4) is 0 Å². The van der Waals surface area contributed by atoms with Gasteiger partial charge < -0.3 is 4.74 Å². The van der Waals surface area contributed by atoms with Crippen LogP contribution in [0.5, 0.6) is 5.88 Å². The largest absolute Gasteiger partial charge is 0.481 e. The van der Waals surface area contributed by atoms with Crippen molar-refractivity contribution in [2.45, 2.75) is 6.92 Å². The summed E-state index contributed by atoms with van der Waals surface area (Å²) in [7, 11) is 1.50. The van der Waals surface area contributed by atoms with Gasteiger partial charge >= 0.3 is 0 Å². The predicted molar refractivity (Wildman–Crippen MR) is 81.2 cm³/mol. The van der Waals surface area contributed by atoms with Crippen molar-refractivity contribution in [3.8, 4) is 17.3 Å². The minimum Gasteiger partial charge on any atom is -0.481 e. The molecule has 0 spiro atoms. The van der Waals surface area contributed by atoms with Crippen molar-refractivity contribution in [2.75, 3.05) is 7.11 Å². The molecule has 0 unspecified atom stereocenters. The summed E-state index contributed by atoms with van der Waals surface area (Å²) in [6.07, 6.45) is 0. The molecule has 0 aliphatic carbocycles. The second-order valence-corrected chi connectivity index (χ2v) is 5.12. The lowest BCUT2D eigenvalue weighted by Crippen LogP contribution is -1.97.